The number of hydrogen-bond acceptors (Lipinski definition) is 4. The smallest absolute Gasteiger partial charge is 0.347 e. The predicted molar refractivity (Wildman–Crippen MR) is 92.8 cm³/mol. The number of carbonyl (C=O) groups is 2. The number of esters is 1. The molecule has 0 saturated carbocycles. The second-order valence-corrected chi connectivity index (χ2v) is 6.48. The van der Waals surface area contributed by atoms with Crippen LogP contribution in [0.4, 0.5) is 0 Å². The molecule has 0 heterocycles. The first-order valence-electron chi connectivity index (χ1n) is 7.34. The molecule has 0 spiro atoms. The van der Waals surface area contributed by atoms with Gasteiger partial charge in [0.05, 0.1) is 12.2 Å². The normalized spacial score (nSPS) is 10.5. The molecular weight excluding hydrogens is 376 g/mol. The van der Waals surface area contributed by atoms with Crippen LogP contribution < -0.4 is 9.47 Å². The van der Waals surface area contributed by atoms with E-state index in [0.717, 1.165) is 0 Å². The average Bonchev–Trinajstić information content (AvgIpc) is 2.53. The number of halogens is 1. The van der Waals surface area contributed by atoms with Gasteiger partial charge in [-0.2, -0.15) is 0 Å². The Balaban J connectivity index is 2.24. The molecule has 0 unspecified atom stereocenters. The SMILES string of the molecule is CC(C)COc1ccc(Br)cc1C(=O)Oc1cccc(C(=O)O)c1. The zero-order valence-electron chi connectivity index (χ0n) is 13.3. The highest BCUT2D eigenvalue weighted by molar-refractivity contribution is 9.10. The zero-order valence-corrected chi connectivity index (χ0v) is 14.9. The summed E-state index contributed by atoms with van der Waals surface area (Å²) in [5.41, 5.74) is 0.316. The third-order valence-corrected chi connectivity index (χ3v) is 3.52. The number of rotatable bonds is 6. The van der Waals surface area contributed by atoms with Crippen molar-refractivity contribution in [1.82, 2.24) is 0 Å². The summed E-state index contributed by atoms with van der Waals surface area (Å²) in [6.07, 6.45) is 0. The van der Waals surface area contributed by atoms with Gasteiger partial charge in [0, 0.05) is 4.47 Å². The molecule has 2 aromatic carbocycles. The number of benzene rings is 2. The van der Waals surface area contributed by atoms with E-state index in [9.17, 15) is 9.59 Å². The van der Waals surface area contributed by atoms with Crippen LogP contribution in [0.3, 0.4) is 0 Å². The lowest BCUT2D eigenvalue weighted by molar-refractivity contribution is 0.0686. The van der Waals surface area contributed by atoms with E-state index in [4.69, 9.17) is 14.6 Å². The molecular formula is C18H17BrO5. The lowest BCUT2D eigenvalue weighted by Gasteiger charge is -2.13. The van der Waals surface area contributed by atoms with Gasteiger partial charge in [0.2, 0.25) is 0 Å². The minimum absolute atomic E-state index is 0.0471. The molecule has 6 heteroatoms. The van der Waals surface area contributed by atoms with Gasteiger partial charge in [0.15, 0.2) is 0 Å². The van der Waals surface area contributed by atoms with Gasteiger partial charge >= 0.3 is 11.9 Å². The third-order valence-electron chi connectivity index (χ3n) is 3.03. The number of aromatic carboxylic acids is 1. The minimum Gasteiger partial charge on any atom is -0.492 e. The molecule has 0 aliphatic heterocycles. The summed E-state index contributed by atoms with van der Waals surface area (Å²) in [5, 5.41) is 9.00. The highest BCUT2D eigenvalue weighted by atomic mass is 79.9. The van der Waals surface area contributed by atoms with E-state index >= 15 is 0 Å². The second-order valence-electron chi connectivity index (χ2n) is 5.57. The van der Waals surface area contributed by atoms with Gasteiger partial charge in [-0.05, 0) is 42.3 Å². The Morgan fingerprint density at radius 2 is 1.92 bits per heavy atom. The minimum atomic E-state index is -1.09. The third kappa shape index (κ3) is 4.83. The highest BCUT2D eigenvalue weighted by Gasteiger charge is 2.17. The summed E-state index contributed by atoms with van der Waals surface area (Å²) < 4.78 is 11.7. The van der Waals surface area contributed by atoms with E-state index in [2.05, 4.69) is 15.9 Å². The maximum Gasteiger partial charge on any atom is 0.347 e. The van der Waals surface area contributed by atoms with Crippen molar-refractivity contribution in [3.8, 4) is 11.5 Å². The van der Waals surface area contributed by atoms with Gasteiger partial charge in [-0.15, -0.1) is 0 Å². The summed E-state index contributed by atoms with van der Waals surface area (Å²) in [7, 11) is 0. The van der Waals surface area contributed by atoms with E-state index in [1.54, 1.807) is 18.2 Å². The molecule has 0 bridgehead atoms. The standard InChI is InChI=1S/C18H17BrO5/c1-11(2)10-23-16-7-6-13(19)9-15(16)18(22)24-14-5-3-4-12(8-14)17(20)21/h3-9,11H,10H2,1-2H3,(H,20,21). The van der Waals surface area contributed by atoms with Crippen LogP contribution in [0.2, 0.25) is 0 Å². The van der Waals surface area contributed by atoms with Crippen molar-refractivity contribution in [2.24, 2.45) is 5.92 Å². The second kappa shape index (κ2) is 7.97. The zero-order chi connectivity index (χ0) is 17.7. The van der Waals surface area contributed by atoms with E-state index in [1.165, 1.54) is 24.3 Å². The molecule has 126 valence electrons. The van der Waals surface area contributed by atoms with Crippen LogP contribution in [0.5, 0.6) is 11.5 Å². The van der Waals surface area contributed by atoms with E-state index in [-0.39, 0.29) is 16.9 Å². The maximum absolute atomic E-state index is 12.4. The maximum atomic E-state index is 12.4. The van der Waals surface area contributed by atoms with E-state index in [1.807, 2.05) is 13.8 Å². The van der Waals surface area contributed by atoms with Crippen LogP contribution in [0.1, 0.15) is 34.6 Å². The Bertz CT molecular complexity index is 755. The van der Waals surface area contributed by atoms with Gasteiger partial charge in [-0.3, -0.25) is 0 Å². The summed E-state index contributed by atoms with van der Waals surface area (Å²) in [4.78, 5) is 23.4. The van der Waals surface area contributed by atoms with Crippen molar-refractivity contribution >= 4 is 27.9 Å². The summed E-state index contributed by atoms with van der Waals surface area (Å²) in [6, 6.07) is 10.8. The number of carboxylic acid groups (broad SMARTS) is 1. The van der Waals surface area contributed by atoms with E-state index in [0.29, 0.717) is 22.7 Å². The topological polar surface area (TPSA) is 72.8 Å². The Kier molecular flexibility index (Phi) is 5.98. The largest absolute Gasteiger partial charge is 0.492 e. The molecule has 1 N–H and O–H groups in total. The molecule has 0 radical (unpaired) electrons. The number of carbonyl (C=O) groups excluding carboxylic acids is 1. The van der Waals surface area contributed by atoms with Crippen molar-refractivity contribution in [3.05, 3.63) is 58.1 Å². The molecule has 2 rings (SSSR count). The fourth-order valence-electron chi connectivity index (χ4n) is 1.90. The van der Waals surface area contributed by atoms with Gasteiger partial charge < -0.3 is 14.6 Å². The van der Waals surface area contributed by atoms with Crippen LogP contribution in [0, 0.1) is 5.92 Å². The molecule has 2 aromatic rings. The number of ether oxygens (including phenoxy) is 2. The lowest BCUT2D eigenvalue weighted by Crippen LogP contribution is -2.13. The van der Waals surface area contributed by atoms with Crippen molar-refractivity contribution in [2.75, 3.05) is 6.61 Å². The number of hydrogen-bond donors (Lipinski definition) is 1. The summed E-state index contributed by atoms with van der Waals surface area (Å²) in [5.74, 6) is -0.806. The summed E-state index contributed by atoms with van der Waals surface area (Å²) >= 11 is 3.32. The molecule has 0 saturated heterocycles. The van der Waals surface area contributed by atoms with Gasteiger partial charge in [-0.1, -0.05) is 35.8 Å². The predicted octanol–water partition coefficient (Wildman–Crippen LogP) is 4.40. The molecule has 0 aromatic heterocycles. The fraction of sp³-hybridized carbons (Fsp3) is 0.222. The van der Waals surface area contributed by atoms with Crippen molar-refractivity contribution < 1.29 is 24.2 Å². The van der Waals surface area contributed by atoms with Crippen LogP contribution in [-0.2, 0) is 0 Å². The van der Waals surface area contributed by atoms with Crippen LogP contribution in [0.25, 0.3) is 0 Å². The van der Waals surface area contributed by atoms with Crippen LogP contribution in [-0.4, -0.2) is 23.7 Å². The van der Waals surface area contributed by atoms with Gasteiger partial charge in [-0.25, -0.2) is 9.59 Å². The highest BCUT2D eigenvalue weighted by Crippen LogP contribution is 2.26. The summed E-state index contributed by atoms with van der Waals surface area (Å²) in [6.45, 7) is 4.49. The van der Waals surface area contributed by atoms with Crippen molar-refractivity contribution in [2.45, 2.75) is 13.8 Å². The molecule has 0 aliphatic carbocycles. The van der Waals surface area contributed by atoms with Crippen molar-refractivity contribution in [3.63, 3.8) is 0 Å². The molecule has 0 atom stereocenters. The lowest BCUT2D eigenvalue weighted by atomic mass is 10.2. The Morgan fingerprint density at radius 1 is 1.17 bits per heavy atom. The molecule has 0 fully saturated rings. The fourth-order valence-corrected chi connectivity index (χ4v) is 2.26. The number of carboxylic acids is 1. The van der Waals surface area contributed by atoms with Crippen molar-refractivity contribution in [1.29, 1.82) is 0 Å². The van der Waals surface area contributed by atoms with Gasteiger partial charge in [0.25, 0.3) is 0 Å². The molecule has 0 amide bonds. The quantitative estimate of drug-likeness (QED) is 0.582. The Morgan fingerprint density at radius 3 is 2.58 bits per heavy atom. The molecule has 24 heavy (non-hydrogen) atoms. The first kappa shape index (κ1) is 18.0. The molecule has 5 nitrogen and oxygen atoms in total. The van der Waals surface area contributed by atoms with Crippen LogP contribution in [0.15, 0.2) is 46.9 Å². The van der Waals surface area contributed by atoms with Gasteiger partial charge in [0.1, 0.15) is 17.1 Å². The average molecular weight is 393 g/mol. The van der Waals surface area contributed by atoms with E-state index < -0.39 is 11.9 Å². The molecule has 0 aliphatic rings. The monoisotopic (exact) mass is 392 g/mol. The first-order valence-corrected chi connectivity index (χ1v) is 8.14. The van der Waals surface area contributed by atoms with Crippen LogP contribution >= 0.6 is 15.9 Å². The first-order chi connectivity index (χ1) is 11.4. The Labute approximate surface area is 148 Å². The Hall–Kier alpha value is -2.34.